The topological polar surface area (TPSA) is 62.7 Å². The van der Waals surface area contributed by atoms with E-state index < -0.39 is 29.2 Å². The Balaban J connectivity index is 1.42. The summed E-state index contributed by atoms with van der Waals surface area (Å²) in [5.74, 6) is 3.59. The lowest BCUT2D eigenvalue weighted by atomic mass is 9.71. The number of nitrogens with zero attached hydrogens (tertiary/aromatic N) is 2. The summed E-state index contributed by atoms with van der Waals surface area (Å²) in [4.78, 5) is 18.1. The van der Waals surface area contributed by atoms with Crippen molar-refractivity contribution in [3.8, 4) is 17.6 Å². The molecule has 1 fully saturated rings. The summed E-state index contributed by atoms with van der Waals surface area (Å²) in [5, 5.41) is 10.4. The van der Waals surface area contributed by atoms with Gasteiger partial charge < -0.3 is 9.84 Å². The quantitative estimate of drug-likeness (QED) is 0.325. The number of methoxy groups -OCH3 is 1. The number of carboxylic acids is 1. The van der Waals surface area contributed by atoms with Crippen LogP contribution >= 0.6 is 11.6 Å². The molecule has 0 saturated carbocycles. The van der Waals surface area contributed by atoms with Gasteiger partial charge in [-0.3, -0.25) is 14.7 Å². The lowest BCUT2D eigenvalue weighted by Gasteiger charge is -2.41. The standard InChI is InChI=1S/C29H28ClF3N2O3/c1-38-20-5-7-26-21(16-20)28(22(30)18-34-26)24(32)8-9-29(17-27(36)37)10-13-35(14-11-29)12-2-3-19-4-6-23(31)25(33)15-19/h4-7,15-16,18,24H,8-14,17H2,1H3,(H,36,37). The lowest BCUT2D eigenvalue weighted by Crippen LogP contribution is -2.41. The van der Waals surface area contributed by atoms with Gasteiger partial charge in [0, 0.05) is 22.7 Å². The number of ether oxygens (including phenoxy) is 1. The molecule has 0 spiro atoms. The van der Waals surface area contributed by atoms with Crippen LogP contribution in [-0.4, -0.2) is 47.7 Å². The zero-order valence-corrected chi connectivity index (χ0v) is 21.7. The molecule has 1 atom stereocenters. The maximum absolute atomic E-state index is 15.7. The maximum atomic E-state index is 15.7. The molecule has 1 aliphatic heterocycles. The molecule has 1 saturated heterocycles. The number of alkyl halides is 1. The van der Waals surface area contributed by atoms with E-state index in [9.17, 15) is 18.7 Å². The average Bonchev–Trinajstić information content (AvgIpc) is 2.90. The van der Waals surface area contributed by atoms with Crippen molar-refractivity contribution in [2.75, 3.05) is 26.7 Å². The molecule has 2 heterocycles. The minimum Gasteiger partial charge on any atom is -0.497 e. The van der Waals surface area contributed by atoms with Gasteiger partial charge in [0.15, 0.2) is 11.6 Å². The number of benzene rings is 2. The zero-order chi connectivity index (χ0) is 27.3. The number of carboxylic acid groups (broad SMARTS) is 1. The van der Waals surface area contributed by atoms with Crippen molar-refractivity contribution in [3.63, 3.8) is 0 Å². The number of aromatic nitrogens is 1. The van der Waals surface area contributed by atoms with E-state index in [0.717, 1.165) is 12.1 Å². The SMILES string of the molecule is COc1ccc2ncc(Cl)c(C(F)CCC3(CC(=O)O)CCN(CC#Cc4ccc(F)c(F)c4)CC3)c2c1. The second-order valence-corrected chi connectivity index (χ2v) is 10.1. The van der Waals surface area contributed by atoms with Gasteiger partial charge >= 0.3 is 5.97 Å². The van der Waals surface area contributed by atoms with Gasteiger partial charge in [-0.25, -0.2) is 13.2 Å². The second-order valence-electron chi connectivity index (χ2n) is 9.69. The fraction of sp³-hybridized carbons (Fsp3) is 0.379. The molecule has 1 aromatic heterocycles. The Morgan fingerprint density at radius 1 is 1.21 bits per heavy atom. The number of piperidine rings is 1. The van der Waals surface area contributed by atoms with E-state index in [4.69, 9.17) is 16.3 Å². The van der Waals surface area contributed by atoms with Gasteiger partial charge in [-0.1, -0.05) is 23.4 Å². The van der Waals surface area contributed by atoms with Crippen molar-refractivity contribution in [2.24, 2.45) is 5.41 Å². The molecule has 9 heteroatoms. The Morgan fingerprint density at radius 2 is 1.97 bits per heavy atom. The maximum Gasteiger partial charge on any atom is 0.303 e. The molecule has 1 aliphatic rings. The van der Waals surface area contributed by atoms with E-state index in [1.54, 1.807) is 18.2 Å². The monoisotopic (exact) mass is 544 g/mol. The Kier molecular flexibility index (Phi) is 8.80. The molecular weight excluding hydrogens is 517 g/mol. The number of halogens is 4. The normalized spacial score (nSPS) is 16.0. The first kappa shape index (κ1) is 27.7. The number of hydrogen-bond donors (Lipinski definition) is 1. The molecule has 1 N–H and O–H groups in total. The molecule has 2 aromatic carbocycles. The van der Waals surface area contributed by atoms with Crippen LogP contribution in [0.5, 0.6) is 5.75 Å². The number of likely N-dealkylation sites (tertiary alicyclic amines) is 1. The van der Waals surface area contributed by atoms with Crippen LogP contribution in [0.2, 0.25) is 5.02 Å². The number of aliphatic carboxylic acids is 1. The van der Waals surface area contributed by atoms with E-state index >= 15 is 4.39 Å². The highest BCUT2D eigenvalue weighted by Gasteiger charge is 2.37. The molecule has 4 rings (SSSR count). The van der Waals surface area contributed by atoms with Gasteiger partial charge in [-0.2, -0.15) is 0 Å². The third-order valence-electron chi connectivity index (χ3n) is 7.21. The van der Waals surface area contributed by atoms with Crippen LogP contribution < -0.4 is 4.74 Å². The van der Waals surface area contributed by atoms with E-state index in [-0.39, 0.29) is 17.9 Å². The van der Waals surface area contributed by atoms with Crippen molar-refractivity contribution in [1.29, 1.82) is 0 Å². The van der Waals surface area contributed by atoms with Crippen molar-refractivity contribution in [3.05, 3.63) is 70.4 Å². The molecule has 38 heavy (non-hydrogen) atoms. The van der Waals surface area contributed by atoms with Crippen molar-refractivity contribution >= 4 is 28.5 Å². The first-order chi connectivity index (χ1) is 18.2. The number of fused-ring (bicyclic) bond motifs is 1. The largest absolute Gasteiger partial charge is 0.497 e. The molecule has 5 nitrogen and oxygen atoms in total. The Bertz CT molecular complexity index is 1380. The fourth-order valence-corrected chi connectivity index (χ4v) is 5.31. The first-order valence-electron chi connectivity index (χ1n) is 12.3. The highest BCUT2D eigenvalue weighted by molar-refractivity contribution is 6.32. The van der Waals surface area contributed by atoms with Gasteiger partial charge in [0.1, 0.15) is 11.9 Å². The van der Waals surface area contributed by atoms with Crippen molar-refractivity contribution in [2.45, 2.75) is 38.3 Å². The van der Waals surface area contributed by atoms with E-state index in [0.29, 0.717) is 66.7 Å². The molecule has 0 amide bonds. The smallest absolute Gasteiger partial charge is 0.303 e. The average molecular weight is 545 g/mol. The summed E-state index contributed by atoms with van der Waals surface area (Å²) >= 11 is 6.37. The number of hydrogen-bond acceptors (Lipinski definition) is 4. The van der Waals surface area contributed by atoms with Crippen LogP contribution in [0.4, 0.5) is 13.2 Å². The summed E-state index contributed by atoms with van der Waals surface area (Å²) in [6.07, 6.45) is 1.66. The zero-order valence-electron chi connectivity index (χ0n) is 20.9. The molecule has 3 aromatic rings. The highest BCUT2D eigenvalue weighted by Crippen LogP contribution is 2.44. The van der Waals surface area contributed by atoms with Gasteiger partial charge in [-0.15, -0.1) is 0 Å². The van der Waals surface area contributed by atoms with Crippen LogP contribution in [0.3, 0.4) is 0 Å². The summed E-state index contributed by atoms with van der Waals surface area (Å²) < 4.78 is 47.5. The van der Waals surface area contributed by atoms with Crippen LogP contribution in [-0.2, 0) is 4.79 Å². The van der Waals surface area contributed by atoms with Gasteiger partial charge in [0.05, 0.1) is 30.6 Å². The van der Waals surface area contributed by atoms with Crippen LogP contribution in [0, 0.1) is 28.9 Å². The minimum atomic E-state index is -1.40. The van der Waals surface area contributed by atoms with E-state index in [1.165, 1.54) is 19.4 Å². The summed E-state index contributed by atoms with van der Waals surface area (Å²) in [6.45, 7) is 1.62. The Labute approximate surface area is 224 Å². The first-order valence-corrected chi connectivity index (χ1v) is 12.7. The second kappa shape index (κ2) is 12.1. The van der Waals surface area contributed by atoms with Crippen molar-refractivity contribution < 1.29 is 27.8 Å². The van der Waals surface area contributed by atoms with Crippen LogP contribution in [0.15, 0.2) is 42.6 Å². The number of pyridine rings is 1. The van der Waals surface area contributed by atoms with E-state index in [1.807, 2.05) is 0 Å². The summed E-state index contributed by atoms with van der Waals surface area (Å²) in [6, 6.07) is 8.72. The Morgan fingerprint density at radius 3 is 2.66 bits per heavy atom. The number of carbonyl (C=O) groups is 1. The predicted octanol–water partition coefficient (Wildman–Crippen LogP) is 6.57. The lowest BCUT2D eigenvalue weighted by molar-refractivity contribution is -0.141. The molecule has 0 aliphatic carbocycles. The third-order valence-corrected chi connectivity index (χ3v) is 7.51. The molecule has 0 bridgehead atoms. The molecule has 1 unspecified atom stereocenters. The number of rotatable bonds is 8. The summed E-state index contributed by atoms with van der Waals surface area (Å²) in [7, 11) is 1.53. The highest BCUT2D eigenvalue weighted by atomic mass is 35.5. The predicted molar refractivity (Wildman–Crippen MR) is 140 cm³/mol. The molecule has 0 radical (unpaired) electrons. The molecular formula is C29H28ClF3N2O3. The fourth-order valence-electron chi connectivity index (χ4n) is 5.04. The Hall–Kier alpha value is -3.28. The van der Waals surface area contributed by atoms with E-state index in [2.05, 4.69) is 21.7 Å². The van der Waals surface area contributed by atoms with Crippen LogP contribution in [0.25, 0.3) is 10.9 Å². The van der Waals surface area contributed by atoms with Crippen molar-refractivity contribution in [1.82, 2.24) is 9.88 Å². The minimum absolute atomic E-state index is 0.0489. The van der Waals surface area contributed by atoms with Gasteiger partial charge in [0.25, 0.3) is 0 Å². The summed E-state index contributed by atoms with van der Waals surface area (Å²) in [5.41, 5.74) is 0.777. The molecule has 200 valence electrons. The third kappa shape index (κ3) is 6.58. The van der Waals surface area contributed by atoms with Gasteiger partial charge in [-0.05, 0) is 80.6 Å². The van der Waals surface area contributed by atoms with Gasteiger partial charge in [0.2, 0.25) is 0 Å². The van der Waals surface area contributed by atoms with Crippen LogP contribution in [0.1, 0.15) is 49.4 Å².